The van der Waals surface area contributed by atoms with Crippen molar-refractivity contribution in [2.75, 3.05) is 11.9 Å². The third kappa shape index (κ3) is 2.53. The predicted molar refractivity (Wildman–Crippen MR) is 81.4 cm³/mol. The molecule has 0 saturated carbocycles. The van der Waals surface area contributed by atoms with Gasteiger partial charge in [0.25, 0.3) is 0 Å². The van der Waals surface area contributed by atoms with Crippen LogP contribution >= 0.6 is 15.9 Å². The van der Waals surface area contributed by atoms with Gasteiger partial charge in [-0.2, -0.15) is 0 Å². The molecule has 0 fully saturated rings. The summed E-state index contributed by atoms with van der Waals surface area (Å²) in [6, 6.07) is 14.2. The van der Waals surface area contributed by atoms with Crippen LogP contribution in [-0.4, -0.2) is 11.7 Å². The summed E-state index contributed by atoms with van der Waals surface area (Å²) in [6.45, 7) is 0.966. The maximum absolute atomic E-state index is 10.5. The fourth-order valence-electron chi connectivity index (χ4n) is 2.63. The van der Waals surface area contributed by atoms with Crippen molar-refractivity contribution in [3.63, 3.8) is 0 Å². The molecule has 0 saturated heterocycles. The Morgan fingerprint density at radius 3 is 2.84 bits per heavy atom. The molecule has 1 heterocycles. The summed E-state index contributed by atoms with van der Waals surface area (Å²) in [5.41, 5.74) is 4.57. The monoisotopic (exact) mass is 317 g/mol. The van der Waals surface area contributed by atoms with Gasteiger partial charge in [0, 0.05) is 28.7 Å². The molecular weight excluding hydrogens is 302 g/mol. The number of aliphatic hydroxyl groups is 1. The Kier molecular flexibility index (Phi) is 3.58. The number of nitrogens with one attached hydrogen (secondary N) is 1. The Morgan fingerprint density at radius 1 is 1.16 bits per heavy atom. The molecule has 19 heavy (non-hydrogen) atoms. The highest BCUT2D eigenvalue weighted by molar-refractivity contribution is 9.10. The lowest BCUT2D eigenvalue weighted by Gasteiger charge is -2.16. The number of para-hydroxylation sites is 1. The average Bonchev–Trinajstić information content (AvgIpc) is 2.89. The lowest BCUT2D eigenvalue weighted by Crippen LogP contribution is -2.05. The minimum Gasteiger partial charge on any atom is -0.388 e. The molecule has 2 N–H and O–H groups in total. The molecule has 0 aromatic heterocycles. The van der Waals surface area contributed by atoms with E-state index in [1.807, 2.05) is 36.4 Å². The number of fused-ring (bicyclic) bond motifs is 1. The quantitative estimate of drug-likeness (QED) is 0.904. The Hall–Kier alpha value is -1.32. The standard InChI is InChI=1S/C16H16BrNO/c17-14-7-2-1-4-12(14)10-15(19)13-6-3-5-11-8-9-18-16(11)13/h1-7,15,18-19H,8-10H2. The molecule has 0 spiro atoms. The summed E-state index contributed by atoms with van der Waals surface area (Å²) >= 11 is 3.53. The SMILES string of the molecule is OC(Cc1ccccc1Br)c1cccc2c1NCC2. The van der Waals surface area contributed by atoms with Crippen molar-refractivity contribution in [3.05, 3.63) is 63.6 Å². The van der Waals surface area contributed by atoms with Crippen LogP contribution in [0.3, 0.4) is 0 Å². The molecule has 3 rings (SSSR count). The molecule has 2 aromatic rings. The normalized spacial score (nSPS) is 14.8. The molecule has 1 unspecified atom stereocenters. The van der Waals surface area contributed by atoms with Crippen molar-refractivity contribution in [2.24, 2.45) is 0 Å². The second-order valence-electron chi connectivity index (χ2n) is 4.87. The van der Waals surface area contributed by atoms with Gasteiger partial charge in [-0.15, -0.1) is 0 Å². The van der Waals surface area contributed by atoms with Crippen LogP contribution in [0.1, 0.15) is 22.8 Å². The van der Waals surface area contributed by atoms with Crippen LogP contribution in [0, 0.1) is 0 Å². The van der Waals surface area contributed by atoms with E-state index in [0.29, 0.717) is 6.42 Å². The molecule has 2 nitrogen and oxygen atoms in total. The third-order valence-corrected chi connectivity index (χ3v) is 4.38. The van der Waals surface area contributed by atoms with Gasteiger partial charge >= 0.3 is 0 Å². The molecule has 2 aromatic carbocycles. The average molecular weight is 318 g/mol. The molecule has 0 radical (unpaired) electrons. The van der Waals surface area contributed by atoms with Crippen LogP contribution < -0.4 is 5.32 Å². The van der Waals surface area contributed by atoms with E-state index >= 15 is 0 Å². The Balaban J connectivity index is 1.87. The van der Waals surface area contributed by atoms with E-state index < -0.39 is 6.10 Å². The lowest BCUT2D eigenvalue weighted by molar-refractivity contribution is 0.179. The maximum atomic E-state index is 10.5. The highest BCUT2D eigenvalue weighted by atomic mass is 79.9. The van der Waals surface area contributed by atoms with E-state index in [1.165, 1.54) is 5.56 Å². The molecule has 0 bridgehead atoms. The maximum Gasteiger partial charge on any atom is 0.0850 e. The van der Waals surface area contributed by atoms with E-state index in [2.05, 4.69) is 27.3 Å². The summed E-state index contributed by atoms with van der Waals surface area (Å²) in [7, 11) is 0. The second-order valence-corrected chi connectivity index (χ2v) is 5.72. The van der Waals surface area contributed by atoms with E-state index in [1.54, 1.807) is 0 Å². The molecule has 3 heteroatoms. The minimum absolute atomic E-state index is 0.473. The highest BCUT2D eigenvalue weighted by Crippen LogP contribution is 2.33. The number of aliphatic hydroxyl groups excluding tert-OH is 1. The topological polar surface area (TPSA) is 32.3 Å². The number of hydrogen-bond donors (Lipinski definition) is 2. The molecule has 0 amide bonds. The van der Waals surface area contributed by atoms with Crippen molar-refractivity contribution >= 4 is 21.6 Å². The summed E-state index contributed by atoms with van der Waals surface area (Å²) in [5, 5.41) is 13.9. The van der Waals surface area contributed by atoms with Crippen LogP contribution in [0.15, 0.2) is 46.9 Å². The minimum atomic E-state index is -0.473. The first-order chi connectivity index (χ1) is 9.25. The van der Waals surface area contributed by atoms with Gasteiger partial charge in [-0.05, 0) is 23.6 Å². The van der Waals surface area contributed by atoms with Gasteiger partial charge in [-0.25, -0.2) is 0 Å². The number of hydrogen-bond acceptors (Lipinski definition) is 2. The van der Waals surface area contributed by atoms with Crippen LogP contribution in [0.2, 0.25) is 0 Å². The molecule has 1 atom stereocenters. The van der Waals surface area contributed by atoms with Crippen molar-refractivity contribution in [1.82, 2.24) is 0 Å². The number of rotatable bonds is 3. The van der Waals surface area contributed by atoms with E-state index in [9.17, 15) is 5.11 Å². The van der Waals surface area contributed by atoms with Gasteiger partial charge < -0.3 is 10.4 Å². The van der Waals surface area contributed by atoms with E-state index in [-0.39, 0.29) is 0 Å². The Bertz CT molecular complexity index is 597. The Labute approximate surface area is 121 Å². The van der Waals surface area contributed by atoms with Crippen LogP contribution in [0.5, 0.6) is 0 Å². The first-order valence-corrected chi connectivity index (χ1v) is 7.32. The zero-order valence-corrected chi connectivity index (χ0v) is 12.2. The summed E-state index contributed by atoms with van der Waals surface area (Å²) in [6.07, 6.45) is 1.20. The largest absolute Gasteiger partial charge is 0.388 e. The van der Waals surface area contributed by atoms with Gasteiger partial charge in [-0.3, -0.25) is 0 Å². The lowest BCUT2D eigenvalue weighted by atomic mass is 9.98. The fraction of sp³-hybridized carbons (Fsp3) is 0.250. The van der Waals surface area contributed by atoms with Crippen molar-refractivity contribution in [3.8, 4) is 0 Å². The van der Waals surface area contributed by atoms with Crippen LogP contribution in [0.25, 0.3) is 0 Å². The van der Waals surface area contributed by atoms with E-state index in [4.69, 9.17) is 0 Å². The molecule has 0 aliphatic carbocycles. The first-order valence-electron chi connectivity index (χ1n) is 6.53. The summed E-state index contributed by atoms with van der Waals surface area (Å²) in [5.74, 6) is 0. The smallest absolute Gasteiger partial charge is 0.0850 e. The van der Waals surface area contributed by atoms with Gasteiger partial charge in [0.15, 0.2) is 0 Å². The van der Waals surface area contributed by atoms with Gasteiger partial charge in [-0.1, -0.05) is 52.3 Å². The molecule has 1 aliphatic heterocycles. The number of halogens is 1. The van der Waals surface area contributed by atoms with Crippen LogP contribution in [-0.2, 0) is 12.8 Å². The third-order valence-electron chi connectivity index (χ3n) is 3.61. The van der Waals surface area contributed by atoms with Gasteiger partial charge in [0.1, 0.15) is 0 Å². The van der Waals surface area contributed by atoms with Gasteiger partial charge in [0.2, 0.25) is 0 Å². The van der Waals surface area contributed by atoms with Crippen molar-refractivity contribution in [1.29, 1.82) is 0 Å². The summed E-state index contributed by atoms with van der Waals surface area (Å²) in [4.78, 5) is 0. The first kappa shape index (κ1) is 12.7. The number of anilines is 1. The van der Waals surface area contributed by atoms with Crippen molar-refractivity contribution in [2.45, 2.75) is 18.9 Å². The van der Waals surface area contributed by atoms with Gasteiger partial charge in [0.05, 0.1) is 6.10 Å². The van der Waals surface area contributed by atoms with E-state index in [0.717, 1.165) is 34.3 Å². The predicted octanol–water partition coefficient (Wildman–Crippen LogP) is 3.69. The second kappa shape index (κ2) is 5.35. The molecule has 98 valence electrons. The molecule has 1 aliphatic rings. The zero-order valence-electron chi connectivity index (χ0n) is 10.6. The highest BCUT2D eigenvalue weighted by Gasteiger charge is 2.19. The molecular formula is C16H16BrNO. The summed E-state index contributed by atoms with van der Waals surface area (Å²) < 4.78 is 1.05. The van der Waals surface area contributed by atoms with Crippen molar-refractivity contribution < 1.29 is 5.11 Å². The Morgan fingerprint density at radius 2 is 2.00 bits per heavy atom. The fourth-order valence-corrected chi connectivity index (χ4v) is 3.07. The zero-order chi connectivity index (χ0) is 13.2. The number of benzene rings is 2. The van der Waals surface area contributed by atoms with Crippen LogP contribution in [0.4, 0.5) is 5.69 Å².